The van der Waals surface area contributed by atoms with Crippen LogP contribution in [0.2, 0.25) is 0 Å². The second kappa shape index (κ2) is 5.58. The number of likely N-dealkylation sites (N-methyl/N-ethyl adjacent to an activating group) is 1. The summed E-state index contributed by atoms with van der Waals surface area (Å²) in [6.45, 7) is 3.23. The Labute approximate surface area is 131 Å². The molecule has 4 heteroatoms. The van der Waals surface area contributed by atoms with Crippen LogP contribution >= 0.6 is 0 Å². The molecule has 0 unspecified atom stereocenters. The SMILES string of the molecule is COc1cc([C@@]23CC=C(C)C[C@@H]2N(C)CC3)cc(F)c1OC. The maximum Gasteiger partial charge on any atom is 0.196 e. The topological polar surface area (TPSA) is 21.7 Å². The Morgan fingerprint density at radius 3 is 2.73 bits per heavy atom. The van der Waals surface area contributed by atoms with Gasteiger partial charge in [-0.3, -0.25) is 0 Å². The molecule has 1 aromatic rings. The molecule has 0 amide bonds. The van der Waals surface area contributed by atoms with Crippen LogP contribution in [0.15, 0.2) is 23.8 Å². The molecule has 0 bridgehead atoms. The summed E-state index contributed by atoms with van der Waals surface area (Å²) in [5.74, 6) is 0.324. The summed E-state index contributed by atoms with van der Waals surface area (Å²) < 4.78 is 24.9. The van der Waals surface area contributed by atoms with E-state index in [-0.39, 0.29) is 17.0 Å². The van der Waals surface area contributed by atoms with E-state index in [0.29, 0.717) is 11.8 Å². The van der Waals surface area contributed by atoms with Gasteiger partial charge in [0.25, 0.3) is 0 Å². The van der Waals surface area contributed by atoms with Crippen molar-refractivity contribution in [1.82, 2.24) is 4.90 Å². The number of fused-ring (bicyclic) bond motifs is 1. The minimum atomic E-state index is -0.342. The van der Waals surface area contributed by atoms with E-state index in [1.165, 1.54) is 12.7 Å². The lowest BCUT2D eigenvalue weighted by atomic mass is 9.67. The third-order valence-corrected chi connectivity index (χ3v) is 5.42. The lowest BCUT2D eigenvalue weighted by Crippen LogP contribution is -2.43. The van der Waals surface area contributed by atoms with Crippen molar-refractivity contribution in [3.8, 4) is 11.5 Å². The van der Waals surface area contributed by atoms with Gasteiger partial charge in [0.05, 0.1) is 14.2 Å². The molecule has 0 N–H and O–H groups in total. The molecule has 1 aromatic carbocycles. The van der Waals surface area contributed by atoms with Crippen molar-refractivity contribution < 1.29 is 13.9 Å². The summed E-state index contributed by atoms with van der Waals surface area (Å²) in [5.41, 5.74) is 2.44. The Morgan fingerprint density at radius 2 is 2.05 bits per heavy atom. The quantitative estimate of drug-likeness (QED) is 0.798. The van der Waals surface area contributed by atoms with Gasteiger partial charge in [-0.25, -0.2) is 4.39 Å². The van der Waals surface area contributed by atoms with E-state index < -0.39 is 0 Å². The zero-order valence-corrected chi connectivity index (χ0v) is 13.8. The molecule has 0 aromatic heterocycles. The zero-order valence-electron chi connectivity index (χ0n) is 13.8. The highest BCUT2D eigenvalue weighted by atomic mass is 19.1. The van der Waals surface area contributed by atoms with Crippen LogP contribution in [-0.4, -0.2) is 38.8 Å². The second-order valence-electron chi connectivity index (χ2n) is 6.55. The Bertz CT molecular complexity index is 613. The number of methoxy groups -OCH3 is 2. The maximum atomic E-state index is 14.4. The number of likely N-dealkylation sites (tertiary alicyclic amines) is 1. The lowest BCUT2D eigenvalue weighted by Gasteiger charge is -2.41. The van der Waals surface area contributed by atoms with E-state index in [2.05, 4.69) is 24.9 Å². The fraction of sp³-hybridized carbons (Fsp3) is 0.556. The van der Waals surface area contributed by atoms with Crippen molar-refractivity contribution in [2.24, 2.45) is 0 Å². The van der Waals surface area contributed by atoms with Gasteiger partial charge in [-0.1, -0.05) is 11.6 Å². The van der Waals surface area contributed by atoms with E-state index in [1.54, 1.807) is 13.2 Å². The Hall–Kier alpha value is -1.55. The molecule has 0 radical (unpaired) electrons. The summed E-state index contributed by atoms with van der Waals surface area (Å²) in [6, 6.07) is 4.03. The fourth-order valence-corrected chi connectivity index (χ4v) is 4.11. The van der Waals surface area contributed by atoms with E-state index >= 15 is 0 Å². The minimum absolute atomic E-state index is 0.0192. The van der Waals surface area contributed by atoms with Crippen molar-refractivity contribution in [3.05, 3.63) is 35.2 Å². The van der Waals surface area contributed by atoms with Crippen molar-refractivity contribution in [1.29, 1.82) is 0 Å². The first-order valence-corrected chi connectivity index (χ1v) is 7.79. The van der Waals surface area contributed by atoms with Crippen LogP contribution in [0.25, 0.3) is 0 Å². The molecule has 2 aliphatic rings. The molecular formula is C18H24FNO2. The zero-order chi connectivity index (χ0) is 15.9. The van der Waals surface area contributed by atoms with Crippen LogP contribution in [0.3, 0.4) is 0 Å². The summed E-state index contributed by atoms with van der Waals surface area (Å²) in [4.78, 5) is 2.41. The maximum absolute atomic E-state index is 14.4. The van der Waals surface area contributed by atoms with Gasteiger partial charge in [0.2, 0.25) is 0 Å². The molecule has 120 valence electrons. The van der Waals surface area contributed by atoms with E-state index in [4.69, 9.17) is 9.47 Å². The molecular weight excluding hydrogens is 281 g/mol. The Balaban J connectivity index is 2.11. The smallest absolute Gasteiger partial charge is 0.196 e. The first-order valence-electron chi connectivity index (χ1n) is 7.79. The summed E-state index contributed by atoms with van der Waals surface area (Å²) >= 11 is 0. The van der Waals surface area contributed by atoms with Crippen molar-refractivity contribution in [2.75, 3.05) is 27.8 Å². The van der Waals surface area contributed by atoms with Gasteiger partial charge in [-0.05, 0) is 57.5 Å². The highest BCUT2D eigenvalue weighted by Gasteiger charge is 2.48. The number of hydrogen-bond donors (Lipinski definition) is 0. The van der Waals surface area contributed by atoms with Crippen molar-refractivity contribution in [2.45, 2.75) is 37.6 Å². The van der Waals surface area contributed by atoms with Gasteiger partial charge < -0.3 is 14.4 Å². The lowest BCUT2D eigenvalue weighted by molar-refractivity contribution is 0.230. The minimum Gasteiger partial charge on any atom is -0.493 e. The number of ether oxygens (including phenoxy) is 2. The Kier molecular flexibility index (Phi) is 3.89. The normalized spacial score (nSPS) is 28.2. The molecule has 1 heterocycles. The first-order chi connectivity index (χ1) is 10.5. The van der Waals surface area contributed by atoms with E-state index in [1.807, 2.05) is 6.07 Å². The number of allylic oxidation sites excluding steroid dienone is 1. The molecule has 1 fully saturated rings. The van der Waals surface area contributed by atoms with Crippen molar-refractivity contribution >= 4 is 0 Å². The number of rotatable bonds is 3. The van der Waals surface area contributed by atoms with Gasteiger partial charge in [-0.15, -0.1) is 0 Å². The van der Waals surface area contributed by atoms with Crippen LogP contribution < -0.4 is 9.47 Å². The van der Waals surface area contributed by atoms with Gasteiger partial charge >= 0.3 is 0 Å². The molecule has 1 saturated heterocycles. The van der Waals surface area contributed by atoms with Crippen molar-refractivity contribution in [3.63, 3.8) is 0 Å². The predicted octanol–water partition coefficient (Wildman–Crippen LogP) is 3.52. The van der Waals surface area contributed by atoms with Crippen LogP contribution in [0.5, 0.6) is 11.5 Å². The van der Waals surface area contributed by atoms with Crippen LogP contribution in [-0.2, 0) is 5.41 Å². The van der Waals surface area contributed by atoms with Crippen LogP contribution in [0.4, 0.5) is 4.39 Å². The third kappa shape index (κ3) is 2.21. The van der Waals surface area contributed by atoms with Crippen LogP contribution in [0.1, 0.15) is 31.7 Å². The second-order valence-corrected chi connectivity index (χ2v) is 6.55. The third-order valence-electron chi connectivity index (χ3n) is 5.42. The molecule has 1 aliphatic carbocycles. The molecule has 22 heavy (non-hydrogen) atoms. The summed E-state index contributed by atoms with van der Waals surface area (Å²) in [5, 5.41) is 0. The van der Waals surface area contributed by atoms with Crippen LogP contribution in [0, 0.1) is 5.82 Å². The molecule has 1 aliphatic heterocycles. The molecule has 2 atom stereocenters. The summed E-state index contributed by atoms with van der Waals surface area (Å²) in [7, 11) is 5.20. The number of halogens is 1. The summed E-state index contributed by atoms with van der Waals surface area (Å²) in [6.07, 6.45) is 5.37. The fourth-order valence-electron chi connectivity index (χ4n) is 4.11. The predicted molar refractivity (Wildman–Crippen MR) is 85.2 cm³/mol. The monoisotopic (exact) mass is 305 g/mol. The number of nitrogens with zero attached hydrogens (tertiary/aromatic N) is 1. The average molecular weight is 305 g/mol. The molecule has 0 spiro atoms. The number of benzene rings is 1. The van der Waals surface area contributed by atoms with Gasteiger partial charge in [0.1, 0.15) is 0 Å². The van der Waals surface area contributed by atoms with Gasteiger partial charge in [0.15, 0.2) is 17.3 Å². The standard InChI is InChI=1S/C18H24FNO2/c1-12-5-6-18(7-8-20(2)16(18)9-12)13-10-14(19)17(22-4)15(11-13)21-3/h5,10-11,16H,6-9H2,1-4H3/t16-,18-/m0/s1. The molecule has 3 rings (SSSR count). The largest absolute Gasteiger partial charge is 0.493 e. The van der Waals surface area contributed by atoms with Gasteiger partial charge in [0, 0.05) is 11.5 Å². The number of hydrogen-bond acceptors (Lipinski definition) is 3. The van der Waals surface area contributed by atoms with E-state index in [0.717, 1.165) is 31.4 Å². The highest BCUT2D eigenvalue weighted by molar-refractivity contribution is 5.48. The molecule has 0 saturated carbocycles. The molecule has 3 nitrogen and oxygen atoms in total. The average Bonchev–Trinajstić information content (AvgIpc) is 2.84. The highest BCUT2D eigenvalue weighted by Crippen LogP contribution is 2.49. The van der Waals surface area contributed by atoms with E-state index in [9.17, 15) is 4.39 Å². The van der Waals surface area contributed by atoms with Gasteiger partial charge in [-0.2, -0.15) is 0 Å². The Morgan fingerprint density at radius 1 is 1.27 bits per heavy atom. The first kappa shape index (κ1) is 15.3.